The molecule has 1 fully saturated rings. The van der Waals surface area contributed by atoms with Gasteiger partial charge in [0.25, 0.3) is 0 Å². The van der Waals surface area contributed by atoms with Crippen LogP contribution in [0.5, 0.6) is 0 Å². The van der Waals surface area contributed by atoms with E-state index in [1.807, 2.05) is 0 Å². The van der Waals surface area contributed by atoms with Crippen LogP contribution in [0.2, 0.25) is 0 Å². The topological polar surface area (TPSA) is 39.7 Å². The van der Waals surface area contributed by atoms with E-state index in [4.69, 9.17) is 14.2 Å². The normalized spacial score (nSPS) is 25.1. The fraction of sp³-hybridized carbons (Fsp3) is 1.00. The Bertz CT molecular complexity index is 176. The van der Waals surface area contributed by atoms with Gasteiger partial charge in [-0.3, -0.25) is 0 Å². The predicted molar refractivity (Wildman–Crippen MR) is 68.3 cm³/mol. The van der Waals surface area contributed by atoms with Gasteiger partial charge in [-0.1, -0.05) is 6.92 Å². The van der Waals surface area contributed by atoms with Crippen molar-refractivity contribution in [3.8, 4) is 0 Å². The van der Waals surface area contributed by atoms with E-state index in [0.717, 1.165) is 58.8 Å². The molecule has 0 aromatic carbocycles. The maximum atomic E-state index is 5.60. The lowest BCUT2D eigenvalue weighted by molar-refractivity contribution is 0.0126. The van der Waals surface area contributed by atoms with Crippen molar-refractivity contribution in [3.05, 3.63) is 0 Å². The average molecular weight is 245 g/mol. The van der Waals surface area contributed by atoms with Crippen LogP contribution < -0.4 is 5.32 Å². The van der Waals surface area contributed by atoms with E-state index in [9.17, 15) is 0 Å². The molecule has 0 spiro atoms. The Balaban J connectivity index is 2.06. The molecule has 0 aromatic heterocycles. The minimum Gasteiger partial charge on any atom is -0.385 e. The van der Waals surface area contributed by atoms with Crippen LogP contribution in [0.3, 0.4) is 0 Å². The first-order chi connectivity index (χ1) is 8.38. The minimum absolute atomic E-state index is 0.603. The summed E-state index contributed by atoms with van der Waals surface area (Å²) < 4.78 is 16.1. The van der Waals surface area contributed by atoms with E-state index in [1.54, 1.807) is 7.11 Å². The SMILES string of the molecule is CCNC1CCOCC1CCOCCCOC. The highest BCUT2D eigenvalue weighted by Crippen LogP contribution is 2.18. The van der Waals surface area contributed by atoms with E-state index >= 15 is 0 Å². The molecule has 0 amide bonds. The van der Waals surface area contributed by atoms with Crippen LogP contribution in [0.15, 0.2) is 0 Å². The first-order valence-electron chi connectivity index (χ1n) is 6.76. The van der Waals surface area contributed by atoms with Crippen molar-refractivity contribution in [2.45, 2.75) is 32.2 Å². The van der Waals surface area contributed by atoms with E-state index < -0.39 is 0 Å². The molecule has 0 aromatic rings. The fourth-order valence-electron chi connectivity index (χ4n) is 2.25. The second-order valence-electron chi connectivity index (χ2n) is 4.54. The zero-order valence-corrected chi connectivity index (χ0v) is 11.2. The molecule has 0 bridgehead atoms. The lowest BCUT2D eigenvalue weighted by atomic mass is 9.93. The van der Waals surface area contributed by atoms with Crippen LogP contribution in [0, 0.1) is 5.92 Å². The maximum absolute atomic E-state index is 5.60. The summed E-state index contributed by atoms with van der Waals surface area (Å²) in [4.78, 5) is 0. The molecule has 1 aliphatic rings. The monoisotopic (exact) mass is 245 g/mol. The highest BCUT2D eigenvalue weighted by molar-refractivity contribution is 4.79. The molecule has 1 rings (SSSR count). The van der Waals surface area contributed by atoms with Crippen molar-refractivity contribution >= 4 is 0 Å². The predicted octanol–water partition coefficient (Wildman–Crippen LogP) is 1.44. The molecule has 1 N–H and O–H groups in total. The number of hydrogen-bond donors (Lipinski definition) is 1. The lowest BCUT2D eigenvalue weighted by Gasteiger charge is -2.32. The molecule has 0 radical (unpaired) electrons. The minimum atomic E-state index is 0.603. The highest BCUT2D eigenvalue weighted by atomic mass is 16.5. The van der Waals surface area contributed by atoms with Gasteiger partial charge in [0.15, 0.2) is 0 Å². The van der Waals surface area contributed by atoms with Gasteiger partial charge in [-0.15, -0.1) is 0 Å². The van der Waals surface area contributed by atoms with Gasteiger partial charge in [-0.2, -0.15) is 0 Å². The van der Waals surface area contributed by atoms with Crippen LogP contribution >= 0.6 is 0 Å². The molecule has 1 aliphatic heterocycles. The first kappa shape index (κ1) is 14.9. The van der Waals surface area contributed by atoms with Crippen molar-refractivity contribution < 1.29 is 14.2 Å². The van der Waals surface area contributed by atoms with Crippen molar-refractivity contribution in [2.75, 3.05) is 46.7 Å². The summed E-state index contributed by atoms with van der Waals surface area (Å²) in [5.74, 6) is 0.603. The number of rotatable bonds is 9. The van der Waals surface area contributed by atoms with E-state index in [1.165, 1.54) is 0 Å². The summed E-state index contributed by atoms with van der Waals surface area (Å²) in [6.07, 6.45) is 3.20. The molecule has 4 nitrogen and oxygen atoms in total. The fourth-order valence-corrected chi connectivity index (χ4v) is 2.25. The second kappa shape index (κ2) is 9.83. The zero-order valence-electron chi connectivity index (χ0n) is 11.2. The van der Waals surface area contributed by atoms with E-state index in [2.05, 4.69) is 12.2 Å². The quantitative estimate of drug-likeness (QED) is 0.624. The van der Waals surface area contributed by atoms with Crippen molar-refractivity contribution in [3.63, 3.8) is 0 Å². The lowest BCUT2D eigenvalue weighted by Crippen LogP contribution is -2.43. The Morgan fingerprint density at radius 3 is 2.94 bits per heavy atom. The van der Waals surface area contributed by atoms with Gasteiger partial charge < -0.3 is 19.5 Å². The summed E-state index contributed by atoms with van der Waals surface area (Å²) in [5.41, 5.74) is 0. The smallest absolute Gasteiger partial charge is 0.0510 e. The molecule has 0 saturated carbocycles. The number of methoxy groups -OCH3 is 1. The summed E-state index contributed by atoms with van der Waals surface area (Å²) in [6.45, 7) is 7.38. The third kappa shape index (κ3) is 6.36. The Kier molecular flexibility index (Phi) is 8.61. The largest absolute Gasteiger partial charge is 0.385 e. The second-order valence-corrected chi connectivity index (χ2v) is 4.54. The van der Waals surface area contributed by atoms with Gasteiger partial charge in [0.1, 0.15) is 0 Å². The molecule has 102 valence electrons. The maximum Gasteiger partial charge on any atom is 0.0510 e. The van der Waals surface area contributed by atoms with E-state index in [-0.39, 0.29) is 0 Å². The van der Waals surface area contributed by atoms with Gasteiger partial charge in [-0.05, 0) is 31.7 Å². The molecule has 1 heterocycles. The van der Waals surface area contributed by atoms with E-state index in [0.29, 0.717) is 12.0 Å². The van der Waals surface area contributed by atoms with Gasteiger partial charge in [0, 0.05) is 39.6 Å². The van der Waals surface area contributed by atoms with Crippen molar-refractivity contribution in [1.29, 1.82) is 0 Å². The summed E-state index contributed by atoms with van der Waals surface area (Å²) >= 11 is 0. The zero-order chi connectivity index (χ0) is 12.3. The molecule has 0 aliphatic carbocycles. The van der Waals surface area contributed by atoms with Gasteiger partial charge in [0.2, 0.25) is 0 Å². The summed E-state index contributed by atoms with van der Waals surface area (Å²) in [6, 6.07) is 0.608. The third-order valence-corrected chi connectivity index (χ3v) is 3.21. The van der Waals surface area contributed by atoms with Gasteiger partial charge >= 0.3 is 0 Å². The molecular weight excluding hydrogens is 218 g/mol. The Labute approximate surface area is 105 Å². The van der Waals surface area contributed by atoms with Crippen LogP contribution in [-0.4, -0.2) is 52.7 Å². The summed E-state index contributed by atoms with van der Waals surface area (Å²) in [5, 5.41) is 3.54. The Morgan fingerprint density at radius 1 is 1.29 bits per heavy atom. The Hall–Kier alpha value is -0.160. The standard InChI is InChI=1S/C13H27NO3/c1-3-14-13-6-10-17-11-12(13)5-9-16-8-4-7-15-2/h12-14H,3-11H2,1-2H3. The molecule has 1 saturated heterocycles. The molecule has 2 unspecified atom stereocenters. The molecule has 2 atom stereocenters. The van der Waals surface area contributed by atoms with Gasteiger partial charge in [0.05, 0.1) is 6.61 Å². The molecule has 17 heavy (non-hydrogen) atoms. The highest BCUT2D eigenvalue weighted by Gasteiger charge is 2.24. The van der Waals surface area contributed by atoms with Gasteiger partial charge in [-0.25, -0.2) is 0 Å². The van der Waals surface area contributed by atoms with Crippen LogP contribution in [0.25, 0.3) is 0 Å². The number of hydrogen-bond acceptors (Lipinski definition) is 4. The summed E-state index contributed by atoms with van der Waals surface area (Å²) in [7, 11) is 1.72. The first-order valence-corrected chi connectivity index (χ1v) is 6.76. The van der Waals surface area contributed by atoms with Crippen molar-refractivity contribution in [2.24, 2.45) is 5.92 Å². The molecular formula is C13H27NO3. The van der Waals surface area contributed by atoms with Crippen LogP contribution in [-0.2, 0) is 14.2 Å². The number of nitrogens with one attached hydrogen (secondary N) is 1. The van der Waals surface area contributed by atoms with Crippen LogP contribution in [0.1, 0.15) is 26.2 Å². The Morgan fingerprint density at radius 2 is 2.18 bits per heavy atom. The van der Waals surface area contributed by atoms with Crippen LogP contribution in [0.4, 0.5) is 0 Å². The third-order valence-electron chi connectivity index (χ3n) is 3.21. The number of ether oxygens (including phenoxy) is 3. The molecule has 4 heteroatoms. The van der Waals surface area contributed by atoms with Crippen molar-refractivity contribution in [1.82, 2.24) is 5.32 Å². The average Bonchev–Trinajstić information content (AvgIpc) is 2.36.